The van der Waals surface area contributed by atoms with Gasteiger partial charge in [0.15, 0.2) is 0 Å². The van der Waals surface area contributed by atoms with Crippen LogP contribution in [0, 0.1) is 17.2 Å². The number of benzene rings is 3. The van der Waals surface area contributed by atoms with Gasteiger partial charge in [-0.15, -0.1) is 0 Å². The molecule has 4 nitrogen and oxygen atoms in total. The topological polar surface area (TPSA) is 62.1 Å². The number of anilines is 1. The second kappa shape index (κ2) is 11.1. The Balaban J connectivity index is 2.00. The molecule has 3 rings (SSSR count). The third-order valence-corrected chi connectivity index (χ3v) is 5.68. The Morgan fingerprint density at radius 3 is 2.20 bits per heavy atom. The average molecular weight is 481 g/mol. The molecule has 0 spiro atoms. The molecule has 0 saturated heterocycles. The molecule has 1 N–H and O–H groups in total. The van der Waals surface area contributed by atoms with Crippen molar-refractivity contribution in [2.45, 2.75) is 38.9 Å². The molecule has 0 bridgehead atoms. The lowest BCUT2D eigenvalue weighted by Crippen LogP contribution is -2.17. The van der Waals surface area contributed by atoms with Gasteiger partial charge in [0.2, 0.25) is 0 Å². The number of rotatable bonds is 8. The Morgan fingerprint density at radius 1 is 1.00 bits per heavy atom. The number of methoxy groups -OCH3 is 1. The van der Waals surface area contributed by atoms with E-state index in [1.54, 1.807) is 12.1 Å². The monoisotopic (exact) mass is 480 g/mol. The van der Waals surface area contributed by atoms with Crippen LogP contribution in [0.3, 0.4) is 0 Å². The molecule has 0 aliphatic carbocycles. The van der Waals surface area contributed by atoms with Crippen LogP contribution in [0.1, 0.15) is 48.4 Å². The molecule has 0 fully saturated rings. The number of ether oxygens (including phenoxy) is 1. The van der Waals surface area contributed by atoms with Crippen molar-refractivity contribution in [2.75, 3.05) is 12.4 Å². The van der Waals surface area contributed by atoms with E-state index in [9.17, 15) is 18.0 Å². The Morgan fingerprint density at radius 2 is 1.66 bits per heavy atom. The molecule has 0 aliphatic rings. The van der Waals surface area contributed by atoms with E-state index in [1.807, 2.05) is 44.2 Å². The molecule has 182 valence electrons. The second-order valence-corrected chi connectivity index (χ2v) is 8.79. The predicted octanol–water partition coefficient (Wildman–Crippen LogP) is 7.16. The van der Waals surface area contributed by atoms with Crippen molar-refractivity contribution < 1.29 is 22.7 Å². The van der Waals surface area contributed by atoms with Gasteiger partial charge in [0.05, 0.1) is 30.2 Å². The maximum absolute atomic E-state index is 13.0. The Labute approximate surface area is 203 Å². The number of esters is 1. The second-order valence-electron chi connectivity index (χ2n) is 8.79. The fraction of sp³-hybridized carbons (Fsp3) is 0.286. The van der Waals surface area contributed by atoms with E-state index in [2.05, 4.69) is 11.4 Å². The summed E-state index contributed by atoms with van der Waals surface area (Å²) in [5.41, 5.74) is 3.55. The van der Waals surface area contributed by atoms with Gasteiger partial charge in [0.25, 0.3) is 0 Å². The van der Waals surface area contributed by atoms with Gasteiger partial charge in [-0.1, -0.05) is 44.2 Å². The fourth-order valence-corrected chi connectivity index (χ4v) is 3.86. The molecule has 0 aromatic heterocycles. The standard InChI is InChI=1S/C28H27F3N2O2/c1-18(2)12-26(27(34)35-3)23-13-22(21-8-10-24(11-9-21)28(29,30)31)14-25(15-23)33-17-20-6-4-19(16-32)5-7-20/h4-11,13-15,18,26,33H,12,17H2,1-3H3. The molecule has 0 saturated carbocycles. The fourth-order valence-electron chi connectivity index (χ4n) is 3.86. The quantitative estimate of drug-likeness (QED) is 0.348. The third kappa shape index (κ3) is 6.86. The summed E-state index contributed by atoms with van der Waals surface area (Å²) >= 11 is 0. The van der Waals surface area contributed by atoms with Crippen molar-refractivity contribution >= 4 is 11.7 Å². The minimum atomic E-state index is -4.42. The van der Waals surface area contributed by atoms with Gasteiger partial charge in [0.1, 0.15) is 0 Å². The number of nitrogens with zero attached hydrogens (tertiary/aromatic N) is 1. The number of nitrogens with one attached hydrogen (secondary N) is 1. The maximum Gasteiger partial charge on any atom is 0.416 e. The lowest BCUT2D eigenvalue weighted by Gasteiger charge is -2.20. The minimum absolute atomic E-state index is 0.226. The molecule has 0 radical (unpaired) electrons. The average Bonchev–Trinajstić information content (AvgIpc) is 2.85. The van der Waals surface area contributed by atoms with E-state index < -0.39 is 17.7 Å². The first kappa shape index (κ1) is 25.8. The molecule has 1 atom stereocenters. The number of hydrogen-bond donors (Lipinski definition) is 1. The van der Waals surface area contributed by atoms with Crippen LogP contribution in [0.15, 0.2) is 66.7 Å². The summed E-state index contributed by atoms with van der Waals surface area (Å²) in [6.07, 6.45) is -3.85. The van der Waals surface area contributed by atoms with Crippen molar-refractivity contribution in [3.05, 3.63) is 89.0 Å². The van der Waals surface area contributed by atoms with Crippen molar-refractivity contribution in [3.8, 4) is 17.2 Å². The van der Waals surface area contributed by atoms with Crippen LogP contribution in [0.5, 0.6) is 0 Å². The molecule has 3 aromatic rings. The van der Waals surface area contributed by atoms with Gasteiger partial charge in [-0.3, -0.25) is 4.79 Å². The van der Waals surface area contributed by atoms with Gasteiger partial charge < -0.3 is 10.1 Å². The van der Waals surface area contributed by atoms with Crippen LogP contribution in [0.2, 0.25) is 0 Å². The summed E-state index contributed by atoms with van der Waals surface area (Å²) in [6, 6.07) is 19.8. The van der Waals surface area contributed by atoms with Crippen molar-refractivity contribution in [2.24, 2.45) is 5.92 Å². The number of alkyl halides is 3. The molecule has 0 amide bonds. The number of nitriles is 1. The smallest absolute Gasteiger partial charge is 0.416 e. The Bertz CT molecular complexity index is 1190. The largest absolute Gasteiger partial charge is 0.469 e. The number of hydrogen-bond acceptors (Lipinski definition) is 4. The van der Waals surface area contributed by atoms with E-state index in [4.69, 9.17) is 10.00 Å². The molecule has 1 unspecified atom stereocenters. The molecule has 35 heavy (non-hydrogen) atoms. The minimum Gasteiger partial charge on any atom is -0.469 e. The van der Waals surface area contributed by atoms with E-state index >= 15 is 0 Å². The summed E-state index contributed by atoms with van der Waals surface area (Å²) in [6.45, 7) is 4.49. The van der Waals surface area contributed by atoms with Gasteiger partial charge in [-0.2, -0.15) is 18.4 Å². The van der Waals surface area contributed by atoms with Crippen LogP contribution in [0.25, 0.3) is 11.1 Å². The molecule has 0 aliphatic heterocycles. The zero-order chi connectivity index (χ0) is 25.6. The zero-order valence-corrected chi connectivity index (χ0v) is 19.8. The first-order valence-corrected chi connectivity index (χ1v) is 11.2. The number of carbonyl (C=O) groups is 1. The Kier molecular flexibility index (Phi) is 8.18. The van der Waals surface area contributed by atoms with E-state index in [0.29, 0.717) is 29.7 Å². The molecule has 0 heterocycles. The van der Waals surface area contributed by atoms with Gasteiger partial charge in [-0.05, 0) is 71.0 Å². The summed E-state index contributed by atoms with van der Waals surface area (Å²) in [7, 11) is 1.35. The van der Waals surface area contributed by atoms with Gasteiger partial charge in [-0.25, -0.2) is 0 Å². The zero-order valence-electron chi connectivity index (χ0n) is 19.8. The van der Waals surface area contributed by atoms with Crippen LogP contribution < -0.4 is 5.32 Å². The highest BCUT2D eigenvalue weighted by molar-refractivity contribution is 5.80. The van der Waals surface area contributed by atoms with Gasteiger partial charge in [0, 0.05) is 12.2 Å². The predicted molar refractivity (Wildman–Crippen MR) is 130 cm³/mol. The van der Waals surface area contributed by atoms with Crippen molar-refractivity contribution in [3.63, 3.8) is 0 Å². The van der Waals surface area contributed by atoms with E-state index in [1.165, 1.54) is 19.2 Å². The highest BCUT2D eigenvalue weighted by Gasteiger charge is 2.30. The van der Waals surface area contributed by atoms with E-state index in [0.717, 1.165) is 28.9 Å². The summed E-state index contributed by atoms with van der Waals surface area (Å²) in [5, 5.41) is 12.3. The lowest BCUT2D eigenvalue weighted by atomic mass is 9.88. The molecular weight excluding hydrogens is 453 g/mol. The van der Waals surface area contributed by atoms with E-state index in [-0.39, 0.29) is 11.9 Å². The normalized spacial score (nSPS) is 12.2. The lowest BCUT2D eigenvalue weighted by molar-refractivity contribution is -0.143. The highest BCUT2D eigenvalue weighted by Crippen LogP contribution is 2.35. The third-order valence-electron chi connectivity index (χ3n) is 5.68. The first-order valence-electron chi connectivity index (χ1n) is 11.2. The Hall–Kier alpha value is -3.79. The molecular formula is C28H27F3N2O2. The molecule has 3 aromatic carbocycles. The van der Waals surface area contributed by atoms with Crippen LogP contribution in [-0.4, -0.2) is 13.1 Å². The van der Waals surface area contributed by atoms with Crippen LogP contribution >= 0.6 is 0 Å². The highest BCUT2D eigenvalue weighted by atomic mass is 19.4. The number of carbonyl (C=O) groups excluding carboxylic acids is 1. The summed E-state index contributed by atoms with van der Waals surface area (Å²) < 4.78 is 44.2. The summed E-state index contributed by atoms with van der Waals surface area (Å²) in [5.74, 6) is -0.643. The van der Waals surface area contributed by atoms with Crippen LogP contribution in [0.4, 0.5) is 18.9 Å². The van der Waals surface area contributed by atoms with Crippen LogP contribution in [-0.2, 0) is 22.3 Å². The summed E-state index contributed by atoms with van der Waals surface area (Å²) in [4.78, 5) is 12.6. The SMILES string of the molecule is COC(=O)C(CC(C)C)c1cc(NCc2ccc(C#N)cc2)cc(-c2ccc(C(F)(F)F)cc2)c1. The number of halogens is 3. The maximum atomic E-state index is 13.0. The van der Waals surface area contributed by atoms with Gasteiger partial charge >= 0.3 is 12.1 Å². The first-order chi connectivity index (χ1) is 16.6. The van der Waals surface area contributed by atoms with Crippen molar-refractivity contribution in [1.82, 2.24) is 0 Å². The van der Waals surface area contributed by atoms with Crippen molar-refractivity contribution in [1.29, 1.82) is 5.26 Å². The molecule has 7 heteroatoms.